The molecule has 2 atom stereocenters. The van der Waals surface area contributed by atoms with E-state index in [0.717, 1.165) is 11.3 Å². The molecule has 1 aromatic rings. The Morgan fingerprint density at radius 3 is 2.95 bits per heavy atom. The molecule has 1 aromatic carbocycles. The molecule has 114 valence electrons. The van der Waals surface area contributed by atoms with Crippen molar-refractivity contribution in [2.75, 3.05) is 13.2 Å². The quantitative estimate of drug-likeness (QED) is 0.839. The van der Waals surface area contributed by atoms with Crippen molar-refractivity contribution in [3.63, 3.8) is 0 Å². The third kappa shape index (κ3) is 4.00. The van der Waals surface area contributed by atoms with Gasteiger partial charge in [-0.2, -0.15) is 0 Å². The summed E-state index contributed by atoms with van der Waals surface area (Å²) in [5.74, 6) is 0.936. The molecule has 1 heterocycles. The van der Waals surface area contributed by atoms with Gasteiger partial charge in [0.2, 0.25) is 5.91 Å². The molecule has 1 fully saturated rings. The number of rotatable bonds is 5. The molecule has 1 aliphatic rings. The summed E-state index contributed by atoms with van der Waals surface area (Å²) < 4.78 is 5.51. The van der Waals surface area contributed by atoms with E-state index in [0.29, 0.717) is 19.6 Å². The van der Waals surface area contributed by atoms with Crippen LogP contribution < -0.4 is 4.74 Å². The molecule has 21 heavy (non-hydrogen) atoms. The first kappa shape index (κ1) is 15.9. The van der Waals surface area contributed by atoms with Crippen LogP contribution in [0.3, 0.4) is 0 Å². The summed E-state index contributed by atoms with van der Waals surface area (Å²) in [6.07, 6.45) is 0.444. The van der Waals surface area contributed by atoms with Gasteiger partial charge in [-0.25, -0.2) is 0 Å². The van der Waals surface area contributed by atoms with Crippen LogP contribution in [0.25, 0.3) is 0 Å². The highest BCUT2D eigenvalue weighted by molar-refractivity contribution is 8.14. The van der Waals surface area contributed by atoms with Crippen LogP contribution in [-0.2, 0) is 9.59 Å². The highest BCUT2D eigenvalue weighted by Crippen LogP contribution is 2.32. The first-order valence-electron chi connectivity index (χ1n) is 7.20. The zero-order chi connectivity index (χ0) is 15.4. The minimum Gasteiger partial charge on any atom is -0.494 e. The molecule has 0 aromatic heterocycles. The van der Waals surface area contributed by atoms with Crippen molar-refractivity contribution < 1.29 is 14.3 Å². The van der Waals surface area contributed by atoms with Crippen LogP contribution in [0.1, 0.15) is 38.8 Å². The number of ether oxygens (including phenoxy) is 1. The Kier molecular flexibility index (Phi) is 5.28. The van der Waals surface area contributed by atoms with Crippen molar-refractivity contribution in [1.29, 1.82) is 0 Å². The van der Waals surface area contributed by atoms with Gasteiger partial charge in [0.25, 0.3) is 0 Å². The molecule has 0 saturated carbocycles. The van der Waals surface area contributed by atoms with Crippen molar-refractivity contribution in [2.45, 2.75) is 38.5 Å². The fourth-order valence-electron chi connectivity index (χ4n) is 2.60. The number of carbonyl (C=O) groups excluding carboxylic acids is 2. The van der Waals surface area contributed by atoms with Crippen LogP contribution >= 0.6 is 11.8 Å². The average molecular weight is 307 g/mol. The van der Waals surface area contributed by atoms with Crippen LogP contribution in [0.2, 0.25) is 0 Å². The molecule has 0 aliphatic carbocycles. The molecule has 0 radical (unpaired) electrons. The van der Waals surface area contributed by atoms with Crippen LogP contribution in [0.4, 0.5) is 0 Å². The number of likely N-dealkylation sites (tertiary alicyclic amines) is 1. The summed E-state index contributed by atoms with van der Waals surface area (Å²) in [4.78, 5) is 25.2. The summed E-state index contributed by atoms with van der Waals surface area (Å²) in [6, 6.07) is 7.84. The Hall–Kier alpha value is -1.49. The van der Waals surface area contributed by atoms with Crippen molar-refractivity contribution in [1.82, 2.24) is 4.90 Å². The van der Waals surface area contributed by atoms with Gasteiger partial charge in [0.1, 0.15) is 5.75 Å². The largest absolute Gasteiger partial charge is 0.494 e. The minimum atomic E-state index is -0.00420. The lowest BCUT2D eigenvalue weighted by Gasteiger charge is -2.25. The number of nitrogens with zero attached hydrogens (tertiary/aromatic N) is 1. The normalized spacial score (nSPS) is 19.7. The summed E-state index contributed by atoms with van der Waals surface area (Å²) >= 11 is 1.27. The Bertz CT molecular complexity index is 532. The van der Waals surface area contributed by atoms with Gasteiger partial charge in [-0.1, -0.05) is 23.9 Å². The van der Waals surface area contributed by atoms with Crippen molar-refractivity contribution >= 4 is 22.8 Å². The van der Waals surface area contributed by atoms with Crippen molar-refractivity contribution in [3.05, 3.63) is 29.8 Å². The summed E-state index contributed by atoms with van der Waals surface area (Å²) in [7, 11) is 0. The molecule has 4 nitrogen and oxygen atoms in total. The highest BCUT2D eigenvalue weighted by atomic mass is 32.2. The molecule has 5 heteroatoms. The van der Waals surface area contributed by atoms with Gasteiger partial charge in [-0.05, 0) is 31.5 Å². The number of hydrogen-bond acceptors (Lipinski definition) is 4. The van der Waals surface area contributed by atoms with E-state index in [2.05, 4.69) is 0 Å². The van der Waals surface area contributed by atoms with Gasteiger partial charge in [-0.15, -0.1) is 0 Å². The topological polar surface area (TPSA) is 46.6 Å². The number of hydrogen-bond donors (Lipinski definition) is 0. The first-order chi connectivity index (χ1) is 10.0. The van der Waals surface area contributed by atoms with Crippen LogP contribution in [0, 0.1) is 0 Å². The van der Waals surface area contributed by atoms with E-state index in [1.54, 1.807) is 6.92 Å². The van der Waals surface area contributed by atoms with E-state index >= 15 is 0 Å². The molecule has 1 saturated heterocycles. The number of carbonyl (C=O) groups is 2. The summed E-state index contributed by atoms with van der Waals surface area (Å²) in [5, 5.41) is 0.146. The fraction of sp³-hybridized carbons (Fsp3) is 0.500. The van der Waals surface area contributed by atoms with E-state index < -0.39 is 0 Å². The van der Waals surface area contributed by atoms with E-state index in [1.165, 1.54) is 11.8 Å². The second-order valence-corrected chi connectivity index (χ2v) is 6.64. The van der Waals surface area contributed by atoms with Gasteiger partial charge < -0.3 is 9.64 Å². The van der Waals surface area contributed by atoms with Gasteiger partial charge in [0, 0.05) is 25.1 Å². The third-order valence-corrected chi connectivity index (χ3v) is 4.56. The molecule has 2 unspecified atom stereocenters. The second kappa shape index (κ2) is 6.98. The first-order valence-corrected chi connectivity index (χ1v) is 8.08. The van der Waals surface area contributed by atoms with E-state index in [9.17, 15) is 9.59 Å². The second-order valence-electron chi connectivity index (χ2n) is 5.16. The molecule has 1 amide bonds. The zero-order valence-corrected chi connectivity index (χ0v) is 13.5. The maximum Gasteiger partial charge on any atom is 0.224 e. The SMILES string of the molecule is CCOc1cccc(C(C)N2CC(SC(C)=O)CC2=O)c1. The number of thioether (sulfide) groups is 1. The molecular weight excluding hydrogens is 286 g/mol. The lowest BCUT2D eigenvalue weighted by atomic mass is 10.1. The Balaban J connectivity index is 2.09. The van der Waals surface area contributed by atoms with Crippen molar-refractivity contribution in [3.8, 4) is 5.75 Å². The molecule has 1 aliphatic heterocycles. The summed E-state index contributed by atoms with van der Waals surface area (Å²) in [5.41, 5.74) is 1.06. The standard InChI is InChI=1S/C16H21NO3S/c1-4-20-14-7-5-6-13(8-14)11(2)17-10-15(9-16(17)19)21-12(3)18/h5-8,11,15H,4,9-10H2,1-3H3. The minimum absolute atomic E-state index is 0.00420. The molecule has 0 bridgehead atoms. The third-order valence-electron chi connectivity index (χ3n) is 3.57. The molecule has 0 spiro atoms. The van der Waals surface area contributed by atoms with Crippen molar-refractivity contribution in [2.24, 2.45) is 0 Å². The van der Waals surface area contributed by atoms with E-state index in [-0.39, 0.29) is 22.3 Å². The van der Waals surface area contributed by atoms with E-state index in [1.807, 2.05) is 43.0 Å². The highest BCUT2D eigenvalue weighted by Gasteiger charge is 2.34. The number of benzene rings is 1. The van der Waals surface area contributed by atoms with Crippen LogP contribution in [0.15, 0.2) is 24.3 Å². The van der Waals surface area contributed by atoms with Gasteiger partial charge in [0.05, 0.1) is 12.6 Å². The predicted molar refractivity (Wildman–Crippen MR) is 84.4 cm³/mol. The smallest absolute Gasteiger partial charge is 0.224 e. The lowest BCUT2D eigenvalue weighted by molar-refractivity contribution is -0.129. The fourth-order valence-corrected chi connectivity index (χ4v) is 3.53. The van der Waals surface area contributed by atoms with Crippen LogP contribution in [0.5, 0.6) is 5.75 Å². The monoisotopic (exact) mass is 307 g/mol. The molecular formula is C16H21NO3S. The maximum atomic E-state index is 12.2. The molecule has 2 rings (SSSR count). The molecule has 0 N–H and O–H groups in total. The predicted octanol–water partition coefficient (Wildman–Crippen LogP) is 3.03. The lowest BCUT2D eigenvalue weighted by Crippen LogP contribution is -2.28. The van der Waals surface area contributed by atoms with Gasteiger partial charge in [0.15, 0.2) is 5.12 Å². The maximum absolute atomic E-state index is 12.2. The Morgan fingerprint density at radius 2 is 2.29 bits per heavy atom. The average Bonchev–Trinajstić information content (AvgIpc) is 2.78. The summed E-state index contributed by atoms with van der Waals surface area (Å²) in [6.45, 7) is 6.77. The Morgan fingerprint density at radius 1 is 1.52 bits per heavy atom. The van der Waals surface area contributed by atoms with E-state index in [4.69, 9.17) is 4.74 Å². The van der Waals surface area contributed by atoms with Crippen LogP contribution in [-0.4, -0.2) is 34.3 Å². The van der Waals surface area contributed by atoms with Gasteiger partial charge in [-0.3, -0.25) is 9.59 Å². The van der Waals surface area contributed by atoms with Gasteiger partial charge >= 0.3 is 0 Å². The number of amides is 1. The zero-order valence-electron chi connectivity index (χ0n) is 12.7. The Labute approximate surface area is 129 Å².